The van der Waals surface area contributed by atoms with Gasteiger partial charge in [-0.1, -0.05) is 419 Å². The van der Waals surface area contributed by atoms with E-state index in [4.69, 9.17) is 12.6 Å². The van der Waals surface area contributed by atoms with Crippen molar-refractivity contribution in [2.24, 2.45) is 0 Å². The molecule has 0 aliphatic rings. The summed E-state index contributed by atoms with van der Waals surface area (Å²) in [7, 11) is 0. The standard InChI is InChI=1S/C72H145S4/c1-5-9-13-17-21-25-29-33-37-40-44-48-52-56-60-64-68-74-71(67-63-59-55-51-47-43-36-32-28-24-20-16-12-8-4)72(73,75-69-65-61-57-53-49-45-41-38-34-30-26-22-18-14-10-6-2)76-70-66-62-58-54-50-46-42-39-35-31-27-23-19-15-11-7-3/h71H,5-70H2,1-4H3. The highest BCUT2D eigenvalue weighted by Gasteiger charge is 2.37. The quantitative estimate of drug-likeness (QED) is 0.0440. The molecule has 1 unspecified atom stereocenters. The van der Waals surface area contributed by atoms with Crippen LogP contribution in [0, 0.1) is 0 Å². The first-order valence-corrected chi connectivity index (χ1v) is 39.7. The van der Waals surface area contributed by atoms with Crippen molar-refractivity contribution in [2.75, 3.05) is 17.3 Å². The lowest BCUT2D eigenvalue weighted by Crippen LogP contribution is -2.29. The fourth-order valence-electron chi connectivity index (χ4n) is 11.7. The first-order chi connectivity index (χ1) is 37.6. The third-order valence-electron chi connectivity index (χ3n) is 17.1. The van der Waals surface area contributed by atoms with E-state index < -0.39 is 0 Å². The smallest absolute Gasteiger partial charge is 0.129 e. The summed E-state index contributed by atoms with van der Waals surface area (Å²) in [4.78, 5) is 0. The third kappa shape index (κ3) is 61.5. The molecular weight excluding hydrogens is 993 g/mol. The number of hydrogen-bond acceptors (Lipinski definition) is 3. The minimum atomic E-state index is -0.0543. The predicted octanol–water partition coefficient (Wildman–Crippen LogP) is 29.1. The van der Waals surface area contributed by atoms with Crippen molar-refractivity contribution >= 4 is 47.9 Å². The van der Waals surface area contributed by atoms with Gasteiger partial charge in [-0.25, -0.2) is 0 Å². The molecule has 0 N–H and O–H groups in total. The molecule has 457 valence electrons. The van der Waals surface area contributed by atoms with Crippen molar-refractivity contribution in [1.82, 2.24) is 0 Å². The van der Waals surface area contributed by atoms with Crippen molar-refractivity contribution in [3.63, 3.8) is 0 Å². The Morgan fingerprint density at radius 3 is 0.566 bits per heavy atom. The normalized spacial score (nSPS) is 12.4. The maximum absolute atomic E-state index is 6.96. The van der Waals surface area contributed by atoms with Gasteiger partial charge in [0.1, 0.15) is 3.41 Å². The molecule has 0 fully saturated rings. The maximum atomic E-state index is 6.96. The van der Waals surface area contributed by atoms with Crippen LogP contribution in [-0.2, 0) is 0 Å². The van der Waals surface area contributed by atoms with Crippen LogP contribution in [0.4, 0.5) is 0 Å². The molecule has 0 heterocycles. The Morgan fingerprint density at radius 2 is 0.368 bits per heavy atom. The Labute approximate surface area is 502 Å². The van der Waals surface area contributed by atoms with E-state index in [0.29, 0.717) is 5.25 Å². The SMILES string of the molecule is CCCCCCCCCCCCCCCCCCSC(CCCCCCCCCCCCCCCC)C([S])(SCCCCCCCCCCCCCCCCCC)SCCCCCCCCCCCCCCCCCC. The largest absolute Gasteiger partial charge is 0.155 e. The van der Waals surface area contributed by atoms with E-state index >= 15 is 0 Å². The fraction of sp³-hybridized carbons (Fsp3) is 1.00. The van der Waals surface area contributed by atoms with Crippen LogP contribution in [0.1, 0.15) is 432 Å². The number of thioether (sulfide) groups is 3. The van der Waals surface area contributed by atoms with Crippen LogP contribution in [0.2, 0.25) is 0 Å². The summed E-state index contributed by atoms with van der Waals surface area (Å²) in [6.45, 7) is 9.31. The molecule has 0 bridgehead atoms. The molecule has 0 aromatic rings. The Kier molecular flexibility index (Phi) is 70.2. The van der Waals surface area contributed by atoms with Crippen LogP contribution in [0.3, 0.4) is 0 Å². The monoisotopic (exact) mass is 1140 g/mol. The van der Waals surface area contributed by atoms with Crippen molar-refractivity contribution < 1.29 is 0 Å². The van der Waals surface area contributed by atoms with E-state index in [0.717, 1.165) is 0 Å². The van der Waals surface area contributed by atoms with E-state index in [1.807, 2.05) is 0 Å². The molecule has 0 saturated carbocycles. The Morgan fingerprint density at radius 1 is 0.211 bits per heavy atom. The average Bonchev–Trinajstić information content (AvgIpc) is 3.42. The summed E-state index contributed by atoms with van der Waals surface area (Å²) in [5, 5.41) is 0.619. The second-order valence-electron chi connectivity index (χ2n) is 25.0. The second-order valence-corrected chi connectivity index (χ2v) is 30.4. The first-order valence-electron chi connectivity index (χ1n) is 36.2. The molecule has 76 heavy (non-hydrogen) atoms. The van der Waals surface area contributed by atoms with E-state index in [1.54, 1.807) is 0 Å². The fourth-order valence-corrected chi connectivity index (χ4v) is 17.3. The highest BCUT2D eigenvalue weighted by Crippen LogP contribution is 2.51. The van der Waals surface area contributed by atoms with Gasteiger partial charge >= 0.3 is 0 Å². The molecular formula is C72H145S4. The Hall–Kier alpha value is 1.40. The molecule has 0 aromatic carbocycles. The molecule has 0 aromatic heterocycles. The summed E-state index contributed by atoms with van der Waals surface area (Å²) < 4.78 is -0.0543. The van der Waals surface area contributed by atoms with Gasteiger partial charge in [-0.05, 0) is 42.9 Å². The zero-order chi connectivity index (χ0) is 54.9. The molecule has 1 atom stereocenters. The summed E-state index contributed by atoms with van der Waals surface area (Å²) in [5.41, 5.74) is 0. The van der Waals surface area contributed by atoms with Gasteiger partial charge in [-0.2, -0.15) is 11.8 Å². The molecule has 0 nitrogen and oxygen atoms in total. The van der Waals surface area contributed by atoms with Crippen molar-refractivity contribution in [3.05, 3.63) is 0 Å². The van der Waals surface area contributed by atoms with Crippen LogP contribution in [0.25, 0.3) is 0 Å². The lowest BCUT2D eigenvalue weighted by atomic mass is 10.0. The molecule has 0 spiro atoms. The maximum Gasteiger partial charge on any atom is 0.129 e. The van der Waals surface area contributed by atoms with Crippen molar-refractivity contribution in [3.8, 4) is 0 Å². The molecule has 0 aliphatic carbocycles. The average molecular weight is 1140 g/mol. The predicted molar refractivity (Wildman–Crippen MR) is 365 cm³/mol. The van der Waals surface area contributed by atoms with Crippen LogP contribution in [0.5, 0.6) is 0 Å². The summed E-state index contributed by atoms with van der Waals surface area (Å²) in [5.74, 6) is 3.89. The minimum Gasteiger partial charge on any atom is -0.155 e. The molecule has 0 saturated heterocycles. The second kappa shape index (κ2) is 68.9. The Bertz CT molecular complexity index is 963. The molecule has 0 amide bonds. The molecule has 4 heteroatoms. The number of hydrogen-bond donors (Lipinski definition) is 0. The van der Waals surface area contributed by atoms with Gasteiger partial charge < -0.3 is 0 Å². The van der Waals surface area contributed by atoms with Crippen LogP contribution in [-0.4, -0.2) is 25.9 Å². The van der Waals surface area contributed by atoms with Crippen LogP contribution < -0.4 is 0 Å². The van der Waals surface area contributed by atoms with Gasteiger partial charge in [-0.15, -0.1) is 23.5 Å². The van der Waals surface area contributed by atoms with E-state index in [1.165, 1.54) is 422 Å². The first kappa shape index (κ1) is 77.4. The lowest BCUT2D eigenvalue weighted by Gasteiger charge is -2.35. The van der Waals surface area contributed by atoms with Crippen molar-refractivity contribution in [2.45, 2.75) is 441 Å². The summed E-state index contributed by atoms with van der Waals surface area (Å²) in [6, 6.07) is 0. The lowest BCUT2D eigenvalue weighted by molar-refractivity contribution is 0.530. The van der Waals surface area contributed by atoms with E-state index in [-0.39, 0.29) is 3.41 Å². The number of unbranched alkanes of at least 4 members (excludes halogenated alkanes) is 58. The molecule has 0 aliphatic heterocycles. The van der Waals surface area contributed by atoms with Gasteiger partial charge in [0, 0.05) is 5.25 Å². The zero-order valence-corrected chi connectivity index (χ0v) is 56.6. The van der Waals surface area contributed by atoms with Gasteiger partial charge in [0.15, 0.2) is 0 Å². The molecule has 0 rings (SSSR count). The highest BCUT2D eigenvalue weighted by atomic mass is 32.3. The summed E-state index contributed by atoms with van der Waals surface area (Å²) in [6.07, 6.45) is 91.2. The van der Waals surface area contributed by atoms with Gasteiger partial charge in [0.2, 0.25) is 0 Å². The number of rotatable bonds is 70. The third-order valence-corrected chi connectivity index (χ3v) is 23.2. The van der Waals surface area contributed by atoms with Gasteiger partial charge in [0.25, 0.3) is 0 Å². The Balaban J connectivity index is 5.03. The topological polar surface area (TPSA) is 0 Å². The summed E-state index contributed by atoms with van der Waals surface area (Å²) >= 11 is 13.8. The zero-order valence-electron chi connectivity index (χ0n) is 53.4. The van der Waals surface area contributed by atoms with E-state index in [9.17, 15) is 0 Å². The van der Waals surface area contributed by atoms with Gasteiger partial charge in [-0.3, -0.25) is 0 Å². The highest BCUT2D eigenvalue weighted by molar-refractivity contribution is 8.30. The molecule has 1 radical (unpaired) electrons. The van der Waals surface area contributed by atoms with Crippen molar-refractivity contribution in [1.29, 1.82) is 0 Å². The van der Waals surface area contributed by atoms with E-state index in [2.05, 4.69) is 63.0 Å². The minimum absolute atomic E-state index is 0.0543. The van der Waals surface area contributed by atoms with Gasteiger partial charge in [0.05, 0.1) is 0 Å². The van der Waals surface area contributed by atoms with Crippen LogP contribution >= 0.6 is 47.9 Å². The van der Waals surface area contributed by atoms with Crippen LogP contribution in [0.15, 0.2) is 0 Å².